The molecule has 0 unspecified atom stereocenters. The van der Waals surface area contributed by atoms with Crippen molar-refractivity contribution in [3.05, 3.63) is 23.5 Å². The molecule has 2 aromatic heterocycles. The van der Waals surface area contributed by atoms with Gasteiger partial charge in [-0.1, -0.05) is 11.8 Å². The van der Waals surface area contributed by atoms with Gasteiger partial charge in [-0.15, -0.1) is 11.3 Å². The molecule has 1 aliphatic rings. The number of carbonyl (C=O) groups is 1. The lowest BCUT2D eigenvalue weighted by Crippen LogP contribution is -2.17. The molecule has 0 aliphatic heterocycles. The number of aromatic nitrogens is 3. The second-order valence-electron chi connectivity index (χ2n) is 4.45. The molecule has 5 nitrogen and oxygen atoms in total. The Morgan fingerprint density at radius 3 is 3.05 bits per heavy atom. The molecule has 1 amide bonds. The lowest BCUT2D eigenvalue weighted by molar-refractivity contribution is 0.102. The number of thioether (sulfide) groups is 1. The lowest BCUT2D eigenvalue weighted by atomic mass is 9.93. The molecule has 1 fully saturated rings. The average molecular weight is 294 g/mol. The van der Waals surface area contributed by atoms with Crippen LogP contribution in [-0.2, 0) is 0 Å². The Balaban J connectivity index is 1.66. The summed E-state index contributed by atoms with van der Waals surface area (Å²) in [6.45, 7) is 0. The van der Waals surface area contributed by atoms with Crippen LogP contribution in [0.15, 0.2) is 22.1 Å². The molecule has 7 heteroatoms. The van der Waals surface area contributed by atoms with Gasteiger partial charge in [0.25, 0.3) is 5.91 Å². The van der Waals surface area contributed by atoms with Crippen molar-refractivity contribution in [3.63, 3.8) is 0 Å². The summed E-state index contributed by atoms with van der Waals surface area (Å²) < 4.78 is 2.84. The molecule has 100 valence electrons. The maximum atomic E-state index is 12.0. The van der Waals surface area contributed by atoms with Gasteiger partial charge in [-0.25, -0.2) is 4.98 Å². The van der Waals surface area contributed by atoms with Gasteiger partial charge >= 0.3 is 0 Å². The third-order valence-electron chi connectivity index (χ3n) is 3.20. The fourth-order valence-corrected chi connectivity index (χ4v) is 3.15. The fourth-order valence-electron chi connectivity index (χ4n) is 1.90. The first-order valence-corrected chi connectivity index (χ1v) is 8.22. The number of amides is 1. The second-order valence-corrected chi connectivity index (χ2v) is 6.36. The molecule has 0 radical (unpaired) electrons. The molecular formula is C12H14N4OS2. The minimum atomic E-state index is -0.176. The van der Waals surface area contributed by atoms with Crippen LogP contribution in [0.2, 0.25) is 0 Å². The molecule has 1 aliphatic carbocycles. The van der Waals surface area contributed by atoms with E-state index in [0.29, 0.717) is 11.7 Å². The van der Waals surface area contributed by atoms with Gasteiger partial charge in [0.15, 0.2) is 0 Å². The summed E-state index contributed by atoms with van der Waals surface area (Å²) in [6, 6.07) is 0.507. The zero-order chi connectivity index (χ0) is 13.2. The summed E-state index contributed by atoms with van der Waals surface area (Å²) >= 11 is 3.02. The van der Waals surface area contributed by atoms with Crippen LogP contribution in [0.3, 0.4) is 0 Å². The van der Waals surface area contributed by atoms with Crippen LogP contribution in [-0.4, -0.2) is 26.9 Å². The zero-order valence-corrected chi connectivity index (χ0v) is 12.1. The molecule has 0 bridgehead atoms. The first kappa shape index (κ1) is 12.7. The Bertz CT molecular complexity index is 588. The summed E-state index contributed by atoms with van der Waals surface area (Å²) in [5, 5.41) is 8.89. The highest BCUT2D eigenvalue weighted by molar-refractivity contribution is 8.00. The number of nitrogens with zero attached hydrogens (tertiary/aromatic N) is 3. The number of rotatable bonds is 4. The Hall–Kier alpha value is -1.34. The highest BCUT2D eigenvalue weighted by Crippen LogP contribution is 2.31. The molecule has 0 spiro atoms. The van der Waals surface area contributed by atoms with Gasteiger partial charge < -0.3 is 5.32 Å². The van der Waals surface area contributed by atoms with E-state index in [2.05, 4.69) is 15.4 Å². The van der Waals surface area contributed by atoms with Crippen LogP contribution >= 0.6 is 23.1 Å². The number of nitrogens with one attached hydrogen (secondary N) is 1. The van der Waals surface area contributed by atoms with Gasteiger partial charge in [-0.2, -0.15) is 5.10 Å². The second kappa shape index (κ2) is 5.34. The van der Waals surface area contributed by atoms with Gasteiger partial charge in [-0.05, 0) is 25.5 Å². The Kier molecular flexibility index (Phi) is 3.56. The fraction of sp³-hybridized carbons (Fsp3) is 0.417. The van der Waals surface area contributed by atoms with Crippen molar-refractivity contribution in [1.29, 1.82) is 0 Å². The number of carbonyl (C=O) groups excluding carboxylic acids is 1. The standard InChI is InChI=1S/C12H14N4OS2/c1-18-12-15-10(7-19-12)11(17)14-8-5-13-16(6-8)9-3-2-4-9/h5-7,9H,2-4H2,1H3,(H,14,17). The van der Waals surface area contributed by atoms with Gasteiger partial charge in [0.2, 0.25) is 0 Å². The average Bonchev–Trinajstić information content (AvgIpc) is 2.96. The topological polar surface area (TPSA) is 59.8 Å². The van der Waals surface area contributed by atoms with Crippen LogP contribution in [0.4, 0.5) is 5.69 Å². The van der Waals surface area contributed by atoms with Crippen molar-refractivity contribution in [2.75, 3.05) is 11.6 Å². The monoisotopic (exact) mass is 294 g/mol. The van der Waals surface area contributed by atoms with Gasteiger partial charge in [0.1, 0.15) is 10.0 Å². The summed E-state index contributed by atoms with van der Waals surface area (Å²) in [7, 11) is 0. The van der Waals surface area contributed by atoms with Gasteiger partial charge in [-0.3, -0.25) is 9.48 Å². The van der Waals surface area contributed by atoms with E-state index in [0.717, 1.165) is 10.0 Å². The number of hydrogen-bond donors (Lipinski definition) is 1. The largest absolute Gasteiger partial charge is 0.318 e. The summed E-state index contributed by atoms with van der Waals surface area (Å²) in [5.74, 6) is -0.176. The first-order valence-electron chi connectivity index (χ1n) is 6.11. The molecule has 0 atom stereocenters. The van der Waals surface area contributed by atoms with Crippen molar-refractivity contribution in [1.82, 2.24) is 14.8 Å². The smallest absolute Gasteiger partial charge is 0.275 e. The van der Waals surface area contributed by atoms with E-state index in [-0.39, 0.29) is 5.91 Å². The molecule has 1 N–H and O–H groups in total. The predicted octanol–water partition coefficient (Wildman–Crippen LogP) is 3.04. The Morgan fingerprint density at radius 2 is 2.42 bits per heavy atom. The van der Waals surface area contributed by atoms with E-state index < -0.39 is 0 Å². The van der Waals surface area contributed by atoms with Crippen molar-refractivity contribution in [3.8, 4) is 0 Å². The Labute approximate surface area is 119 Å². The van der Waals surface area contributed by atoms with E-state index in [1.165, 1.54) is 30.6 Å². The summed E-state index contributed by atoms with van der Waals surface area (Å²) in [6.07, 6.45) is 9.16. The Morgan fingerprint density at radius 1 is 1.58 bits per heavy atom. The number of hydrogen-bond acceptors (Lipinski definition) is 5. The van der Waals surface area contributed by atoms with Crippen LogP contribution in [0.5, 0.6) is 0 Å². The zero-order valence-electron chi connectivity index (χ0n) is 10.5. The summed E-state index contributed by atoms with van der Waals surface area (Å²) in [5.41, 5.74) is 1.20. The van der Waals surface area contributed by atoms with E-state index in [1.807, 2.05) is 17.1 Å². The minimum absolute atomic E-state index is 0.176. The normalized spacial score (nSPS) is 15.2. The summed E-state index contributed by atoms with van der Waals surface area (Å²) in [4.78, 5) is 16.2. The lowest BCUT2D eigenvalue weighted by Gasteiger charge is -2.25. The van der Waals surface area contributed by atoms with E-state index in [9.17, 15) is 4.79 Å². The molecule has 1 saturated carbocycles. The maximum absolute atomic E-state index is 12.0. The van der Waals surface area contributed by atoms with Crippen molar-refractivity contribution >= 4 is 34.7 Å². The van der Waals surface area contributed by atoms with Crippen LogP contribution in [0.25, 0.3) is 0 Å². The molecule has 0 aromatic carbocycles. The minimum Gasteiger partial charge on any atom is -0.318 e. The van der Waals surface area contributed by atoms with Crippen molar-refractivity contribution < 1.29 is 4.79 Å². The predicted molar refractivity (Wildman–Crippen MR) is 77.0 cm³/mol. The van der Waals surface area contributed by atoms with Crippen LogP contribution in [0.1, 0.15) is 35.8 Å². The highest BCUT2D eigenvalue weighted by Gasteiger charge is 2.20. The van der Waals surface area contributed by atoms with Crippen molar-refractivity contribution in [2.24, 2.45) is 0 Å². The maximum Gasteiger partial charge on any atom is 0.275 e. The van der Waals surface area contributed by atoms with Crippen LogP contribution < -0.4 is 5.32 Å². The van der Waals surface area contributed by atoms with E-state index >= 15 is 0 Å². The van der Waals surface area contributed by atoms with Crippen LogP contribution in [0, 0.1) is 0 Å². The highest BCUT2D eigenvalue weighted by atomic mass is 32.2. The molecule has 0 saturated heterocycles. The molecule has 2 heterocycles. The molecule has 2 aromatic rings. The SMILES string of the molecule is CSc1nc(C(=O)Nc2cnn(C3CCC3)c2)cs1. The quantitative estimate of drug-likeness (QED) is 0.881. The molecule has 19 heavy (non-hydrogen) atoms. The number of thiazole rings is 1. The van der Waals surface area contributed by atoms with E-state index in [1.54, 1.807) is 23.3 Å². The van der Waals surface area contributed by atoms with Gasteiger partial charge in [0, 0.05) is 11.6 Å². The van der Waals surface area contributed by atoms with Gasteiger partial charge in [0.05, 0.1) is 17.9 Å². The third-order valence-corrected chi connectivity index (χ3v) is 5.06. The molecule has 3 rings (SSSR count). The molecular weight excluding hydrogens is 280 g/mol. The number of anilines is 1. The van der Waals surface area contributed by atoms with Crippen molar-refractivity contribution in [2.45, 2.75) is 29.6 Å². The third kappa shape index (κ3) is 2.66. The first-order chi connectivity index (χ1) is 9.26. The van der Waals surface area contributed by atoms with E-state index in [4.69, 9.17) is 0 Å².